The lowest BCUT2D eigenvalue weighted by atomic mass is 10.1. The number of H-pyrrole nitrogens is 1. The lowest BCUT2D eigenvalue weighted by Gasteiger charge is -2.10. The molecule has 0 amide bonds. The van der Waals surface area contributed by atoms with E-state index in [2.05, 4.69) is 20.5 Å². The Bertz CT molecular complexity index is 627. The monoisotopic (exact) mass is 301 g/mol. The molecule has 2 rings (SSSR count). The molecular formula is C11H10F3N5O2. The third-order valence-electron chi connectivity index (χ3n) is 2.66. The summed E-state index contributed by atoms with van der Waals surface area (Å²) in [5, 5.41) is 19.8. The number of nitrogens with one attached hydrogen (secondary N) is 2. The first-order chi connectivity index (χ1) is 9.88. The zero-order valence-corrected chi connectivity index (χ0v) is 10.5. The first kappa shape index (κ1) is 14.8. The van der Waals surface area contributed by atoms with E-state index in [0.29, 0.717) is 18.3 Å². The number of hydrogen-bond donors (Lipinski definition) is 2. The second kappa shape index (κ2) is 5.77. The van der Waals surface area contributed by atoms with E-state index in [9.17, 15) is 23.3 Å². The summed E-state index contributed by atoms with van der Waals surface area (Å²) >= 11 is 0. The van der Waals surface area contributed by atoms with Crippen molar-refractivity contribution in [1.29, 1.82) is 0 Å². The molecule has 10 heteroatoms. The van der Waals surface area contributed by atoms with Crippen molar-refractivity contribution < 1.29 is 18.1 Å². The van der Waals surface area contributed by atoms with Gasteiger partial charge in [0.25, 0.3) is 5.69 Å². The molecule has 1 aromatic carbocycles. The van der Waals surface area contributed by atoms with Gasteiger partial charge in [0.2, 0.25) is 0 Å². The average Bonchev–Trinajstić information content (AvgIpc) is 2.90. The molecule has 0 radical (unpaired) electrons. The largest absolute Gasteiger partial charge is 0.416 e. The van der Waals surface area contributed by atoms with Gasteiger partial charge in [-0.15, -0.1) is 0 Å². The lowest BCUT2D eigenvalue weighted by molar-refractivity contribution is -0.384. The molecule has 0 aliphatic carbocycles. The Hall–Kier alpha value is -2.65. The first-order valence-corrected chi connectivity index (χ1v) is 5.81. The number of benzene rings is 1. The van der Waals surface area contributed by atoms with Gasteiger partial charge in [-0.05, 0) is 12.1 Å². The summed E-state index contributed by atoms with van der Waals surface area (Å²) in [6.45, 7) is 0.265. The summed E-state index contributed by atoms with van der Waals surface area (Å²) in [5.41, 5.74) is -1.66. The molecule has 0 atom stereocenters. The van der Waals surface area contributed by atoms with Crippen molar-refractivity contribution in [2.24, 2.45) is 0 Å². The van der Waals surface area contributed by atoms with Crippen LogP contribution in [0, 0.1) is 10.1 Å². The smallest absolute Gasteiger partial charge is 0.379 e. The normalized spacial score (nSPS) is 11.4. The van der Waals surface area contributed by atoms with Crippen molar-refractivity contribution in [3.63, 3.8) is 0 Å². The van der Waals surface area contributed by atoms with E-state index in [1.165, 1.54) is 6.33 Å². The number of nitro groups is 1. The Morgan fingerprint density at radius 2 is 2.14 bits per heavy atom. The fourth-order valence-corrected chi connectivity index (χ4v) is 1.68. The lowest BCUT2D eigenvalue weighted by Crippen LogP contribution is -2.10. The number of aromatic amines is 1. The zero-order chi connectivity index (χ0) is 15.5. The molecule has 0 bridgehead atoms. The molecule has 21 heavy (non-hydrogen) atoms. The maximum absolute atomic E-state index is 12.5. The molecule has 0 saturated heterocycles. The van der Waals surface area contributed by atoms with Gasteiger partial charge in [0, 0.05) is 19.0 Å². The molecule has 0 fully saturated rings. The minimum atomic E-state index is -4.62. The van der Waals surface area contributed by atoms with Crippen LogP contribution in [0.4, 0.5) is 24.5 Å². The second-order valence-electron chi connectivity index (χ2n) is 4.10. The van der Waals surface area contributed by atoms with Gasteiger partial charge in [-0.3, -0.25) is 15.2 Å². The Balaban J connectivity index is 2.13. The van der Waals surface area contributed by atoms with Gasteiger partial charge in [-0.1, -0.05) is 0 Å². The van der Waals surface area contributed by atoms with Gasteiger partial charge in [0.1, 0.15) is 17.8 Å². The van der Waals surface area contributed by atoms with Crippen molar-refractivity contribution >= 4 is 11.4 Å². The van der Waals surface area contributed by atoms with Crippen LogP contribution in [-0.4, -0.2) is 26.6 Å². The van der Waals surface area contributed by atoms with Crippen LogP contribution >= 0.6 is 0 Å². The number of halogens is 3. The van der Waals surface area contributed by atoms with E-state index >= 15 is 0 Å². The summed E-state index contributed by atoms with van der Waals surface area (Å²) in [6, 6.07) is 2.35. The van der Waals surface area contributed by atoms with E-state index in [1.54, 1.807) is 0 Å². The average molecular weight is 301 g/mol. The molecule has 0 saturated carbocycles. The number of anilines is 1. The van der Waals surface area contributed by atoms with Crippen molar-refractivity contribution in [2.45, 2.75) is 12.6 Å². The molecule has 7 nitrogen and oxygen atoms in total. The van der Waals surface area contributed by atoms with Gasteiger partial charge >= 0.3 is 6.18 Å². The highest BCUT2D eigenvalue weighted by Crippen LogP contribution is 2.34. The van der Waals surface area contributed by atoms with E-state index < -0.39 is 22.4 Å². The Morgan fingerprint density at radius 1 is 1.38 bits per heavy atom. The highest BCUT2D eigenvalue weighted by atomic mass is 19.4. The Labute approximate surface area is 116 Å². The fourth-order valence-electron chi connectivity index (χ4n) is 1.68. The third kappa shape index (κ3) is 3.68. The SMILES string of the molecule is O=[N+]([O-])c1cc(C(F)(F)F)ccc1NCCc1ncn[nH]1. The minimum absolute atomic E-state index is 0.0208. The molecule has 0 spiro atoms. The van der Waals surface area contributed by atoms with Crippen LogP contribution in [0.1, 0.15) is 11.4 Å². The quantitative estimate of drug-likeness (QED) is 0.653. The molecule has 112 valence electrons. The summed E-state index contributed by atoms with van der Waals surface area (Å²) in [7, 11) is 0. The second-order valence-corrected chi connectivity index (χ2v) is 4.10. The third-order valence-corrected chi connectivity index (χ3v) is 2.66. The van der Waals surface area contributed by atoms with Crippen LogP contribution in [0.25, 0.3) is 0 Å². The van der Waals surface area contributed by atoms with Crippen LogP contribution in [0.3, 0.4) is 0 Å². The molecular weight excluding hydrogens is 291 g/mol. The van der Waals surface area contributed by atoms with Crippen molar-refractivity contribution in [3.05, 3.63) is 46.0 Å². The standard InChI is InChI=1S/C11H10F3N5O2/c12-11(13,14)7-1-2-8(9(5-7)19(20)21)15-4-3-10-16-6-17-18-10/h1-2,5-6,15H,3-4H2,(H,16,17,18). The number of alkyl halides is 3. The number of nitrogens with zero attached hydrogens (tertiary/aromatic N) is 3. The maximum Gasteiger partial charge on any atom is 0.416 e. The van der Waals surface area contributed by atoms with Crippen molar-refractivity contribution in [3.8, 4) is 0 Å². The summed E-state index contributed by atoms with van der Waals surface area (Å²) < 4.78 is 37.6. The van der Waals surface area contributed by atoms with Gasteiger partial charge in [-0.25, -0.2) is 4.98 Å². The van der Waals surface area contributed by atoms with Crippen LogP contribution in [0.2, 0.25) is 0 Å². The van der Waals surface area contributed by atoms with Crippen LogP contribution in [-0.2, 0) is 12.6 Å². The molecule has 0 aliphatic rings. The van der Waals surface area contributed by atoms with Crippen LogP contribution in [0.15, 0.2) is 24.5 Å². The molecule has 0 aliphatic heterocycles. The van der Waals surface area contributed by atoms with E-state index in [1.807, 2.05) is 0 Å². The highest BCUT2D eigenvalue weighted by molar-refractivity contribution is 5.62. The van der Waals surface area contributed by atoms with Crippen LogP contribution < -0.4 is 5.32 Å². The van der Waals surface area contributed by atoms with Gasteiger partial charge in [0.15, 0.2) is 0 Å². The predicted molar refractivity (Wildman–Crippen MR) is 66.7 cm³/mol. The van der Waals surface area contributed by atoms with Crippen molar-refractivity contribution in [2.75, 3.05) is 11.9 Å². The van der Waals surface area contributed by atoms with Crippen molar-refractivity contribution in [1.82, 2.24) is 15.2 Å². The number of rotatable bonds is 5. The molecule has 1 aromatic heterocycles. The fraction of sp³-hybridized carbons (Fsp3) is 0.273. The van der Waals surface area contributed by atoms with Gasteiger partial charge < -0.3 is 5.32 Å². The van der Waals surface area contributed by atoms with Gasteiger partial charge in [-0.2, -0.15) is 18.3 Å². The summed E-state index contributed by atoms with van der Waals surface area (Å²) in [4.78, 5) is 13.9. The van der Waals surface area contributed by atoms with E-state index in [4.69, 9.17) is 0 Å². The number of hydrogen-bond acceptors (Lipinski definition) is 5. The maximum atomic E-state index is 12.5. The first-order valence-electron chi connectivity index (χ1n) is 5.81. The van der Waals surface area contributed by atoms with E-state index in [0.717, 1.165) is 12.1 Å². The predicted octanol–water partition coefficient (Wildman–Crippen LogP) is 2.39. The molecule has 2 aromatic rings. The Morgan fingerprint density at radius 3 is 2.71 bits per heavy atom. The van der Waals surface area contributed by atoms with Gasteiger partial charge in [0.05, 0.1) is 10.5 Å². The topological polar surface area (TPSA) is 96.7 Å². The number of nitro benzene ring substituents is 1. The summed E-state index contributed by atoms with van der Waals surface area (Å²) in [6.07, 6.45) is -2.91. The summed E-state index contributed by atoms with van der Waals surface area (Å²) in [5.74, 6) is 0.567. The molecule has 2 N–H and O–H groups in total. The number of aromatic nitrogens is 3. The van der Waals surface area contributed by atoms with E-state index in [-0.39, 0.29) is 12.2 Å². The highest BCUT2D eigenvalue weighted by Gasteiger charge is 2.32. The molecule has 0 unspecified atom stereocenters. The van der Waals surface area contributed by atoms with Crippen LogP contribution in [0.5, 0.6) is 0 Å². The zero-order valence-electron chi connectivity index (χ0n) is 10.5. The minimum Gasteiger partial charge on any atom is -0.379 e. The Kier molecular flexibility index (Phi) is 4.05. The molecule has 1 heterocycles.